The summed E-state index contributed by atoms with van der Waals surface area (Å²) in [6.45, 7) is 2.57. The molecule has 3 rings (SSSR count). The molecular weight excluding hydrogens is 360 g/mol. The van der Waals surface area contributed by atoms with Crippen LogP contribution in [0.1, 0.15) is 59.9 Å². The van der Waals surface area contributed by atoms with E-state index in [1.807, 2.05) is 25.1 Å². The molecule has 1 saturated carbocycles. The van der Waals surface area contributed by atoms with Gasteiger partial charge in [-0.05, 0) is 44.6 Å². The van der Waals surface area contributed by atoms with Gasteiger partial charge < -0.3 is 14.6 Å². The van der Waals surface area contributed by atoms with Gasteiger partial charge in [-0.1, -0.05) is 36.2 Å². The highest BCUT2D eigenvalue weighted by Gasteiger charge is 2.23. The third-order valence-electron chi connectivity index (χ3n) is 5.07. The standard InChI is InChI=1S/C20H28N4O2S/c1-14-10-11-17(26-2)16(13-14)19(25)21-12-6-9-18-22-23-20(27-3)24(18)15-7-4-5-8-15/h10-11,13,15H,4-9,12H2,1-3H3,(H,21,25). The molecule has 0 aliphatic heterocycles. The number of aryl methyl sites for hydroxylation is 2. The fourth-order valence-corrected chi connectivity index (χ4v) is 4.26. The van der Waals surface area contributed by atoms with Crippen LogP contribution < -0.4 is 10.1 Å². The Labute approximate surface area is 165 Å². The van der Waals surface area contributed by atoms with Gasteiger partial charge in [-0.25, -0.2) is 0 Å². The quantitative estimate of drug-likeness (QED) is 0.550. The van der Waals surface area contributed by atoms with Gasteiger partial charge >= 0.3 is 0 Å². The third-order valence-corrected chi connectivity index (χ3v) is 5.71. The van der Waals surface area contributed by atoms with Crippen molar-refractivity contribution in [1.29, 1.82) is 0 Å². The first-order valence-corrected chi connectivity index (χ1v) is 10.8. The molecule has 1 aromatic carbocycles. The van der Waals surface area contributed by atoms with E-state index in [9.17, 15) is 4.79 Å². The lowest BCUT2D eigenvalue weighted by atomic mass is 10.1. The van der Waals surface area contributed by atoms with Gasteiger partial charge in [0.05, 0.1) is 12.7 Å². The zero-order chi connectivity index (χ0) is 19.2. The normalized spacial score (nSPS) is 14.5. The predicted molar refractivity (Wildman–Crippen MR) is 108 cm³/mol. The van der Waals surface area contributed by atoms with Gasteiger partial charge in [0.25, 0.3) is 5.91 Å². The molecule has 1 N–H and O–H groups in total. The second-order valence-electron chi connectivity index (χ2n) is 6.97. The maximum absolute atomic E-state index is 12.5. The summed E-state index contributed by atoms with van der Waals surface area (Å²) in [5.41, 5.74) is 1.62. The number of thioether (sulfide) groups is 1. The molecule has 1 heterocycles. The molecular formula is C20H28N4O2S. The summed E-state index contributed by atoms with van der Waals surface area (Å²) in [7, 11) is 1.58. The summed E-state index contributed by atoms with van der Waals surface area (Å²) >= 11 is 1.66. The Morgan fingerprint density at radius 2 is 2.11 bits per heavy atom. The number of rotatable bonds is 8. The van der Waals surface area contributed by atoms with Crippen molar-refractivity contribution in [3.8, 4) is 5.75 Å². The summed E-state index contributed by atoms with van der Waals surface area (Å²) in [5, 5.41) is 12.8. The number of nitrogens with zero attached hydrogens (tertiary/aromatic N) is 3. The molecule has 0 radical (unpaired) electrons. The van der Waals surface area contributed by atoms with Crippen molar-refractivity contribution in [2.45, 2.75) is 56.6 Å². The molecule has 1 aliphatic carbocycles. The summed E-state index contributed by atoms with van der Waals surface area (Å²) in [4.78, 5) is 12.5. The van der Waals surface area contributed by atoms with Crippen molar-refractivity contribution in [2.75, 3.05) is 19.9 Å². The van der Waals surface area contributed by atoms with Crippen LogP contribution in [0, 0.1) is 6.92 Å². The van der Waals surface area contributed by atoms with E-state index in [2.05, 4.69) is 26.3 Å². The lowest BCUT2D eigenvalue weighted by Crippen LogP contribution is -2.25. The van der Waals surface area contributed by atoms with E-state index in [4.69, 9.17) is 4.74 Å². The summed E-state index contributed by atoms with van der Waals surface area (Å²) in [6, 6.07) is 6.16. The highest BCUT2D eigenvalue weighted by Crippen LogP contribution is 2.33. The van der Waals surface area contributed by atoms with Crippen LogP contribution in [0.5, 0.6) is 5.75 Å². The Hall–Kier alpha value is -2.02. The van der Waals surface area contributed by atoms with E-state index in [0.717, 1.165) is 29.4 Å². The Bertz CT molecular complexity index is 784. The number of carbonyl (C=O) groups is 1. The Morgan fingerprint density at radius 3 is 2.81 bits per heavy atom. The van der Waals surface area contributed by atoms with Gasteiger partial charge in [0.1, 0.15) is 11.6 Å². The zero-order valence-corrected chi connectivity index (χ0v) is 17.1. The van der Waals surface area contributed by atoms with Crippen LogP contribution in [-0.2, 0) is 6.42 Å². The number of methoxy groups -OCH3 is 1. The molecule has 2 aromatic rings. The fraction of sp³-hybridized carbons (Fsp3) is 0.550. The maximum Gasteiger partial charge on any atom is 0.255 e. The molecule has 0 bridgehead atoms. The summed E-state index contributed by atoms with van der Waals surface area (Å²) in [5.74, 6) is 1.54. The van der Waals surface area contributed by atoms with Crippen molar-refractivity contribution in [1.82, 2.24) is 20.1 Å². The van der Waals surface area contributed by atoms with E-state index in [0.29, 0.717) is 23.9 Å². The number of hydrogen-bond donors (Lipinski definition) is 1. The number of nitrogens with one attached hydrogen (secondary N) is 1. The molecule has 0 saturated heterocycles. The first-order valence-electron chi connectivity index (χ1n) is 9.54. The number of amides is 1. The first-order chi connectivity index (χ1) is 13.1. The van der Waals surface area contributed by atoms with Crippen molar-refractivity contribution in [3.05, 3.63) is 35.2 Å². The number of aromatic nitrogens is 3. The molecule has 0 spiro atoms. The molecule has 0 atom stereocenters. The van der Waals surface area contributed by atoms with E-state index in [1.54, 1.807) is 18.9 Å². The lowest BCUT2D eigenvalue weighted by molar-refractivity contribution is 0.0950. The molecule has 1 aromatic heterocycles. The molecule has 1 amide bonds. The third kappa shape index (κ3) is 4.64. The highest BCUT2D eigenvalue weighted by atomic mass is 32.2. The van der Waals surface area contributed by atoms with Crippen molar-refractivity contribution < 1.29 is 9.53 Å². The average Bonchev–Trinajstić information content (AvgIpc) is 3.34. The molecule has 1 fully saturated rings. The Balaban J connectivity index is 1.57. The predicted octanol–water partition coefficient (Wildman–Crippen LogP) is 3.79. The molecule has 27 heavy (non-hydrogen) atoms. The molecule has 7 heteroatoms. The SMILES string of the molecule is COc1ccc(C)cc1C(=O)NCCCc1nnc(SC)n1C1CCCC1. The minimum atomic E-state index is -0.0994. The second kappa shape index (κ2) is 9.26. The van der Waals surface area contributed by atoms with E-state index in [1.165, 1.54) is 25.7 Å². The second-order valence-corrected chi connectivity index (χ2v) is 7.75. The van der Waals surface area contributed by atoms with Crippen LogP contribution in [0.25, 0.3) is 0 Å². The Kier molecular flexibility index (Phi) is 6.77. The van der Waals surface area contributed by atoms with Gasteiger partial charge in [-0.3, -0.25) is 4.79 Å². The van der Waals surface area contributed by atoms with Crippen molar-refractivity contribution >= 4 is 17.7 Å². The Morgan fingerprint density at radius 1 is 1.33 bits per heavy atom. The van der Waals surface area contributed by atoms with Gasteiger partial charge in [0, 0.05) is 19.0 Å². The maximum atomic E-state index is 12.5. The lowest BCUT2D eigenvalue weighted by Gasteiger charge is -2.16. The first kappa shape index (κ1) is 19.7. The smallest absolute Gasteiger partial charge is 0.255 e. The van der Waals surface area contributed by atoms with Gasteiger partial charge in [0.2, 0.25) is 0 Å². The van der Waals surface area contributed by atoms with Crippen LogP contribution in [-0.4, -0.2) is 40.6 Å². The van der Waals surface area contributed by atoms with Crippen LogP contribution >= 0.6 is 11.8 Å². The van der Waals surface area contributed by atoms with E-state index < -0.39 is 0 Å². The molecule has 1 aliphatic rings. The largest absolute Gasteiger partial charge is 0.496 e. The minimum Gasteiger partial charge on any atom is -0.496 e. The molecule has 6 nitrogen and oxygen atoms in total. The topological polar surface area (TPSA) is 69.0 Å². The molecule has 0 unspecified atom stereocenters. The highest BCUT2D eigenvalue weighted by molar-refractivity contribution is 7.98. The number of hydrogen-bond acceptors (Lipinski definition) is 5. The average molecular weight is 389 g/mol. The fourth-order valence-electron chi connectivity index (χ4n) is 3.69. The van der Waals surface area contributed by atoms with Crippen LogP contribution in [0.2, 0.25) is 0 Å². The summed E-state index contributed by atoms with van der Waals surface area (Å²) < 4.78 is 7.62. The van der Waals surface area contributed by atoms with E-state index in [-0.39, 0.29) is 5.91 Å². The zero-order valence-electron chi connectivity index (χ0n) is 16.3. The van der Waals surface area contributed by atoms with Crippen LogP contribution in [0.15, 0.2) is 23.4 Å². The minimum absolute atomic E-state index is 0.0994. The monoisotopic (exact) mass is 388 g/mol. The van der Waals surface area contributed by atoms with Crippen LogP contribution in [0.3, 0.4) is 0 Å². The van der Waals surface area contributed by atoms with Crippen molar-refractivity contribution in [3.63, 3.8) is 0 Å². The van der Waals surface area contributed by atoms with Gasteiger partial charge in [0.15, 0.2) is 5.16 Å². The van der Waals surface area contributed by atoms with Crippen molar-refractivity contribution in [2.24, 2.45) is 0 Å². The van der Waals surface area contributed by atoms with E-state index >= 15 is 0 Å². The number of benzene rings is 1. The summed E-state index contributed by atoms with van der Waals surface area (Å²) in [6.07, 6.45) is 8.68. The number of carbonyl (C=O) groups excluding carboxylic acids is 1. The van der Waals surface area contributed by atoms with Crippen LogP contribution in [0.4, 0.5) is 0 Å². The van der Waals surface area contributed by atoms with Gasteiger partial charge in [-0.15, -0.1) is 10.2 Å². The molecule has 146 valence electrons. The number of ether oxygens (including phenoxy) is 1. The van der Waals surface area contributed by atoms with Gasteiger partial charge in [-0.2, -0.15) is 0 Å².